The van der Waals surface area contributed by atoms with Crippen LogP contribution < -0.4 is 4.74 Å². The zero-order valence-electron chi connectivity index (χ0n) is 12.7. The molecule has 2 aromatic carbocycles. The summed E-state index contributed by atoms with van der Waals surface area (Å²) in [5.74, 6) is 0.347. The first kappa shape index (κ1) is 16.9. The van der Waals surface area contributed by atoms with E-state index in [1.165, 1.54) is 44.4 Å². The summed E-state index contributed by atoms with van der Waals surface area (Å²) in [5, 5.41) is 10.7. The zero-order valence-corrected chi connectivity index (χ0v) is 13.5. The van der Waals surface area contributed by atoms with Crippen LogP contribution in [0.5, 0.6) is 5.75 Å². The highest BCUT2D eigenvalue weighted by atomic mass is 32.2. The normalized spacial score (nSPS) is 11.4. The van der Waals surface area contributed by atoms with Crippen LogP contribution >= 0.6 is 0 Å². The molecule has 2 aromatic rings. The van der Waals surface area contributed by atoms with Gasteiger partial charge in [0.1, 0.15) is 12.4 Å². The van der Waals surface area contributed by atoms with Crippen molar-refractivity contribution in [2.75, 3.05) is 14.1 Å². The third kappa shape index (κ3) is 4.05. The lowest BCUT2D eigenvalue weighted by molar-refractivity contribution is -0.384. The maximum absolute atomic E-state index is 12.1. The standard InChI is InChI=1S/C15H16N2O5S/c1-16(2)23(20,21)15-8-3-5-12(9-15)11-22-14-7-4-6-13(10-14)17(18)19/h3-10H,11H2,1-2H3. The Labute approximate surface area is 134 Å². The van der Waals surface area contributed by atoms with Gasteiger partial charge >= 0.3 is 0 Å². The first-order chi connectivity index (χ1) is 10.8. The van der Waals surface area contributed by atoms with Crippen LogP contribution in [0.4, 0.5) is 5.69 Å². The van der Waals surface area contributed by atoms with Crippen molar-refractivity contribution in [2.45, 2.75) is 11.5 Å². The fraction of sp³-hybridized carbons (Fsp3) is 0.200. The van der Waals surface area contributed by atoms with Crippen LogP contribution in [-0.4, -0.2) is 31.7 Å². The van der Waals surface area contributed by atoms with Crippen molar-refractivity contribution >= 4 is 15.7 Å². The highest BCUT2D eigenvalue weighted by Crippen LogP contribution is 2.21. The van der Waals surface area contributed by atoms with Crippen LogP contribution in [0.3, 0.4) is 0 Å². The van der Waals surface area contributed by atoms with Crippen LogP contribution in [0.15, 0.2) is 53.4 Å². The average Bonchev–Trinajstić information content (AvgIpc) is 2.53. The minimum Gasteiger partial charge on any atom is -0.489 e. The van der Waals surface area contributed by atoms with Crippen LogP contribution in [0.2, 0.25) is 0 Å². The first-order valence-electron chi connectivity index (χ1n) is 6.69. The van der Waals surface area contributed by atoms with E-state index in [4.69, 9.17) is 4.74 Å². The van der Waals surface area contributed by atoms with Gasteiger partial charge < -0.3 is 4.74 Å². The summed E-state index contributed by atoms with van der Waals surface area (Å²) in [6, 6.07) is 12.2. The molecule has 2 rings (SSSR count). The third-order valence-electron chi connectivity index (χ3n) is 3.11. The van der Waals surface area contributed by atoms with Crippen molar-refractivity contribution in [1.82, 2.24) is 4.31 Å². The number of nitrogens with zero attached hydrogens (tertiary/aromatic N) is 2. The van der Waals surface area contributed by atoms with Crippen molar-refractivity contribution < 1.29 is 18.1 Å². The average molecular weight is 336 g/mol. The number of benzene rings is 2. The quantitative estimate of drug-likeness (QED) is 0.597. The second kappa shape index (κ2) is 6.76. The molecule has 0 aliphatic carbocycles. The van der Waals surface area contributed by atoms with Gasteiger partial charge in [0, 0.05) is 20.2 Å². The van der Waals surface area contributed by atoms with E-state index in [2.05, 4.69) is 0 Å². The first-order valence-corrected chi connectivity index (χ1v) is 8.13. The molecule has 0 aliphatic heterocycles. The van der Waals surface area contributed by atoms with Crippen LogP contribution in [0.25, 0.3) is 0 Å². The zero-order chi connectivity index (χ0) is 17.0. The van der Waals surface area contributed by atoms with Crippen molar-refractivity contribution in [3.8, 4) is 5.75 Å². The lowest BCUT2D eigenvalue weighted by Gasteiger charge is -2.12. The Morgan fingerprint density at radius 2 is 1.83 bits per heavy atom. The predicted molar refractivity (Wildman–Crippen MR) is 84.7 cm³/mol. The molecule has 0 saturated heterocycles. The van der Waals surface area contributed by atoms with Crippen LogP contribution in [-0.2, 0) is 16.6 Å². The van der Waals surface area contributed by atoms with Gasteiger partial charge in [-0.2, -0.15) is 0 Å². The number of non-ortho nitro benzene ring substituents is 1. The molecule has 0 spiro atoms. The molecular weight excluding hydrogens is 320 g/mol. The van der Waals surface area contributed by atoms with E-state index in [1.807, 2.05) is 0 Å². The summed E-state index contributed by atoms with van der Waals surface area (Å²) >= 11 is 0. The SMILES string of the molecule is CN(C)S(=O)(=O)c1cccc(COc2cccc([N+](=O)[O-])c2)c1. The predicted octanol–water partition coefficient (Wildman–Crippen LogP) is 2.42. The van der Waals surface area contributed by atoms with Gasteiger partial charge in [0.05, 0.1) is 15.9 Å². The monoisotopic (exact) mass is 336 g/mol. The maximum atomic E-state index is 12.1. The number of hydrogen-bond donors (Lipinski definition) is 0. The third-order valence-corrected chi connectivity index (χ3v) is 4.92. The van der Waals surface area contributed by atoms with E-state index in [-0.39, 0.29) is 17.2 Å². The molecule has 0 fully saturated rings. The lowest BCUT2D eigenvalue weighted by Crippen LogP contribution is -2.22. The van der Waals surface area contributed by atoms with E-state index in [9.17, 15) is 18.5 Å². The molecular formula is C15H16N2O5S. The minimum absolute atomic E-state index is 0.0635. The Balaban J connectivity index is 2.16. The molecule has 0 saturated carbocycles. The van der Waals surface area contributed by atoms with Gasteiger partial charge in [-0.25, -0.2) is 12.7 Å². The van der Waals surface area contributed by atoms with Gasteiger partial charge in [-0.1, -0.05) is 18.2 Å². The molecule has 8 heteroatoms. The number of sulfonamides is 1. The molecule has 0 aromatic heterocycles. The summed E-state index contributed by atoms with van der Waals surface area (Å²) in [4.78, 5) is 10.4. The molecule has 0 radical (unpaired) electrons. The number of ether oxygens (including phenoxy) is 1. The maximum Gasteiger partial charge on any atom is 0.273 e. The van der Waals surface area contributed by atoms with E-state index in [0.717, 1.165) is 4.31 Å². The molecule has 0 atom stereocenters. The molecule has 0 N–H and O–H groups in total. The Bertz CT molecular complexity index is 818. The second-order valence-electron chi connectivity index (χ2n) is 4.98. The van der Waals surface area contributed by atoms with Crippen molar-refractivity contribution in [1.29, 1.82) is 0 Å². The van der Waals surface area contributed by atoms with Crippen LogP contribution in [0, 0.1) is 10.1 Å². The summed E-state index contributed by atoms with van der Waals surface area (Å²) in [6.07, 6.45) is 0. The summed E-state index contributed by atoms with van der Waals surface area (Å²) in [7, 11) is -0.592. The molecule has 0 amide bonds. The lowest BCUT2D eigenvalue weighted by atomic mass is 10.2. The van der Waals surface area contributed by atoms with Gasteiger partial charge in [0.2, 0.25) is 10.0 Å². The van der Waals surface area contributed by atoms with Crippen molar-refractivity contribution in [3.63, 3.8) is 0 Å². The van der Waals surface area contributed by atoms with Gasteiger partial charge in [0.15, 0.2) is 0 Å². The van der Waals surface area contributed by atoms with Gasteiger partial charge in [-0.3, -0.25) is 10.1 Å². The fourth-order valence-corrected chi connectivity index (χ4v) is 2.83. The summed E-state index contributed by atoms with van der Waals surface area (Å²) in [6.45, 7) is 0.109. The highest BCUT2D eigenvalue weighted by molar-refractivity contribution is 7.89. The molecule has 0 aliphatic rings. The van der Waals surface area contributed by atoms with E-state index >= 15 is 0 Å². The van der Waals surface area contributed by atoms with E-state index in [0.29, 0.717) is 11.3 Å². The smallest absolute Gasteiger partial charge is 0.273 e. The van der Waals surface area contributed by atoms with Crippen LogP contribution in [0.1, 0.15) is 5.56 Å². The van der Waals surface area contributed by atoms with Crippen molar-refractivity contribution in [3.05, 3.63) is 64.2 Å². The fourth-order valence-electron chi connectivity index (χ4n) is 1.86. The Kier molecular flexibility index (Phi) is 4.97. The molecule has 23 heavy (non-hydrogen) atoms. The second-order valence-corrected chi connectivity index (χ2v) is 7.13. The minimum atomic E-state index is -3.51. The number of nitro benzene ring substituents is 1. The highest BCUT2D eigenvalue weighted by Gasteiger charge is 2.17. The van der Waals surface area contributed by atoms with Gasteiger partial charge in [-0.15, -0.1) is 0 Å². The van der Waals surface area contributed by atoms with Gasteiger partial charge in [0.25, 0.3) is 5.69 Å². The Morgan fingerprint density at radius 3 is 2.48 bits per heavy atom. The molecule has 0 unspecified atom stereocenters. The number of rotatable bonds is 6. The molecule has 0 heterocycles. The largest absolute Gasteiger partial charge is 0.489 e. The van der Waals surface area contributed by atoms with E-state index < -0.39 is 14.9 Å². The topological polar surface area (TPSA) is 89.8 Å². The summed E-state index contributed by atoms with van der Waals surface area (Å²) < 4.78 is 30.8. The number of hydrogen-bond acceptors (Lipinski definition) is 5. The molecule has 7 nitrogen and oxygen atoms in total. The molecule has 122 valence electrons. The van der Waals surface area contributed by atoms with Crippen molar-refractivity contribution in [2.24, 2.45) is 0 Å². The van der Waals surface area contributed by atoms with Gasteiger partial charge in [-0.05, 0) is 23.8 Å². The Hall–Kier alpha value is -2.45. The number of nitro groups is 1. The van der Waals surface area contributed by atoms with E-state index in [1.54, 1.807) is 18.2 Å². The molecule has 0 bridgehead atoms. The Morgan fingerprint density at radius 1 is 1.13 bits per heavy atom. The summed E-state index contributed by atoms with van der Waals surface area (Å²) in [5.41, 5.74) is 0.589.